The number of carbonyl (C=O) groups is 2. The van der Waals surface area contributed by atoms with Gasteiger partial charge < -0.3 is 15.3 Å². The summed E-state index contributed by atoms with van der Waals surface area (Å²) in [7, 11) is 0. The van der Waals surface area contributed by atoms with Crippen LogP contribution in [0, 0.1) is 5.92 Å². The van der Waals surface area contributed by atoms with Crippen molar-refractivity contribution < 1.29 is 19.5 Å². The Kier molecular flexibility index (Phi) is 5.25. The molecule has 0 radical (unpaired) electrons. The second-order valence-electron chi connectivity index (χ2n) is 3.73. The molecule has 0 aliphatic rings. The van der Waals surface area contributed by atoms with Gasteiger partial charge in [-0.25, -0.2) is 9.78 Å². The predicted molar refractivity (Wildman–Crippen MR) is 66.8 cm³/mol. The third-order valence-electron chi connectivity index (χ3n) is 1.70. The molecule has 2 N–H and O–H groups in total. The summed E-state index contributed by atoms with van der Waals surface area (Å²) in [6.07, 6.45) is 0.468. The molecule has 1 rings (SSSR count). The first kappa shape index (κ1) is 14.1. The molecule has 0 atom stereocenters. The van der Waals surface area contributed by atoms with Gasteiger partial charge in [0.15, 0.2) is 5.13 Å². The van der Waals surface area contributed by atoms with Crippen LogP contribution in [-0.2, 0) is 14.4 Å². The molecule has 7 nitrogen and oxygen atoms in total. The van der Waals surface area contributed by atoms with Gasteiger partial charge in [0.1, 0.15) is 12.3 Å². The fourth-order valence-electron chi connectivity index (χ4n) is 0.945. The monoisotopic (exact) mass is 271 g/mol. The van der Waals surface area contributed by atoms with Crippen molar-refractivity contribution in [3.05, 3.63) is 11.1 Å². The van der Waals surface area contributed by atoms with Gasteiger partial charge in [0.2, 0.25) is 12.1 Å². The molecule has 0 fully saturated rings. The first-order valence-corrected chi connectivity index (χ1v) is 6.02. The fourth-order valence-corrected chi connectivity index (χ4v) is 1.60. The summed E-state index contributed by atoms with van der Waals surface area (Å²) in [4.78, 5) is 30.1. The van der Waals surface area contributed by atoms with E-state index in [0.29, 0.717) is 18.1 Å². The van der Waals surface area contributed by atoms with Gasteiger partial charge in [-0.05, 0) is 5.92 Å². The minimum atomic E-state index is -1.23. The zero-order chi connectivity index (χ0) is 13.5. The first-order chi connectivity index (χ1) is 8.54. The van der Waals surface area contributed by atoms with Gasteiger partial charge in [-0.1, -0.05) is 19.0 Å². The Bertz CT molecular complexity index is 456. The highest BCUT2D eigenvalue weighted by Crippen LogP contribution is 2.15. The van der Waals surface area contributed by atoms with Crippen LogP contribution in [0.2, 0.25) is 0 Å². The number of anilines is 1. The van der Waals surface area contributed by atoms with Crippen LogP contribution >= 0.6 is 11.3 Å². The highest BCUT2D eigenvalue weighted by molar-refractivity contribution is 7.14. The van der Waals surface area contributed by atoms with Crippen LogP contribution in [0.1, 0.15) is 19.5 Å². The Hall–Kier alpha value is -1.96. The van der Waals surface area contributed by atoms with Crippen LogP contribution in [0.4, 0.5) is 5.13 Å². The molecule has 1 aromatic rings. The van der Waals surface area contributed by atoms with Crippen molar-refractivity contribution >= 4 is 34.6 Å². The minimum absolute atomic E-state index is 0.153. The van der Waals surface area contributed by atoms with Gasteiger partial charge in [0.25, 0.3) is 0 Å². The van der Waals surface area contributed by atoms with Crippen molar-refractivity contribution in [2.24, 2.45) is 11.1 Å². The second-order valence-corrected chi connectivity index (χ2v) is 4.59. The molecule has 1 amide bonds. The van der Waals surface area contributed by atoms with Crippen LogP contribution in [-0.4, -0.2) is 34.8 Å². The molecule has 0 saturated carbocycles. The number of hydrogen-bond donors (Lipinski definition) is 2. The van der Waals surface area contributed by atoms with Crippen LogP contribution in [0.25, 0.3) is 0 Å². The summed E-state index contributed by atoms with van der Waals surface area (Å²) in [6.45, 7) is 4.16. The third kappa shape index (κ3) is 4.13. The van der Waals surface area contributed by atoms with E-state index < -0.39 is 5.97 Å². The topological polar surface area (TPSA) is 101 Å². The van der Waals surface area contributed by atoms with Crippen molar-refractivity contribution in [2.45, 2.75) is 13.8 Å². The lowest BCUT2D eigenvalue weighted by atomic mass is 10.2. The maximum absolute atomic E-state index is 11.0. The van der Waals surface area contributed by atoms with E-state index in [0.717, 1.165) is 11.3 Å². The van der Waals surface area contributed by atoms with Crippen LogP contribution < -0.4 is 5.32 Å². The number of nitrogens with zero attached hydrogens (tertiary/aromatic N) is 2. The number of carboxylic acid groups (broad SMARTS) is 1. The molecule has 0 aliphatic heterocycles. The predicted octanol–water partition coefficient (Wildman–Crippen LogP) is 1.17. The zero-order valence-electron chi connectivity index (χ0n) is 9.91. The Morgan fingerprint density at radius 1 is 1.72 bits per heavy atom. The third-order valence-corrected chi connectivity index (χ3v) is 2.47. The lowest BCUT2D eigenvalue weighted by molar-refractivity contribution is -0.129. The highest BCUT2D eigenvalue weighted by atomic mass is 32.1. The quantitative estimate of drug-likeness (QED) is 0.440. The summed E-state index contributed by atoms with van der Waals surface area (Å²) >= 11 is 1.11. The normalized spacial score (nSPS) is 11.4. The zero-order valence-corrected chi connectivity index (χ0v) is 10.7. The number of nitrogens with one attached hydrogen (secondary N) is 1. The van der Waals surface area contributed by atoms with Crippen LogP contribution in [0.5, 0.6) is 0 Å². The van der Waals surface area contributed by atoms with E-state index in [-0.39, 0.29) is 17.3 Å². The summed E-state index contributed by atoms with van der Waals surface area (Å²) in [6, 6.07) is 0. The van der Waals surface area contributed by atoms with Gasteiger partial charge in [0, 0.05) is 5.38 Å². The molecule has 98 valence electrons. The molecule has 0 aromatic carbocycles. The molecule has 8 heteroatoms. The van der Waals surface area contributed by atoms with Crippen molar-refractivity contribution in [1.29, 1.82) is 0 Å². The molecular formula is C10H13N3O4S. The van der Waals surface area contributed by atoms with Gasteiger partial charge in [-0.15, -0.1) is 11.3 Å². The Morgan fingerprint density at radius 3 is 3.00 bits per heavy atom. The van der Waals surface area contributed by atoms with Crippen molar-refractivity contribution in [2.75, 3.05) is 11.9 Å². The molecule has 1 heterocycles. The number of carboxylic acids is 1. The largest absolute Gasteiger partial charge is 0.476 e. The summed E-state index contributed by atoms with van der Waals surface area (Å²) in [5.41, 5.74) is -0.133. The number of aliphatic carboxylic acids is 1. The van der Waals surface area contributed by atoms with Gasteiger partial charge >= 0.3 is 5.97 Å². The van der Waals surface area contributed by atoms with E-state index in [2.05, 4.69) is 15.5 Å². The van der Waals surface area contributed by atoms with Crippen molar-refractivity contribution in [1.82, 2.24) is 4.98 Å². The van der Waals surface area contributed by atoms with Crippen molar-refractivity contribution in [3.8, 4) is 0 Å². The van der Waals surface area contributed by atoms with E-state index in [1.807, 2.05) is 13.8 Å². The number of amides is 1. The van der Waals surface area contributed by atoms with Gasteiger partial charge in [-0.3, -0.25) is 4.79 Å². The average Bonchev–Trinajstić information content (AvgIpc) is 2.72. The smallest absolute Gasteiger partial charge is 0.360 e. The molecule has 0 unspecified atom stereocenters. The fraction of sp³-hybridized carbons (Fsp3) is 0.400. The molecule has 18 heavy (non-hydrogen) atoms. The molecule has 1 aromatic heterocycles. The maximum Gasteiger partial charge on any atom is 0.360 e. The molecule has 0 aliphatic carbocycles. The van der Waals surface area contributed by atoms with Crippen LogP contribution in [0.3, 0.4) is 0 Å². The average molecular weight is 271 g/mol. The summed E-state index contributed by atoms with van der Waals surface area (Å²) in [5, 5.41) is 16.7. The van der Waals surface area contributed by atoms with E-state index in [1.165, 1.54) is 5.38 Å². The molecule has 0 spiro atoms. The Balaban J connectivity index is 2.83. The molecular weight excluding hydrogens is 258 g/mol. The number of aromatic nitrogens is 1. The van der Waals surface area contributed by atoms with Gasteiger partial charge in [0.05, 0.1) is 0 Å². The number of hydrogen-bond acceptors (Lipinski definition) is 6. The molecule has 0 saturated heterocycles. The number of rotatable bonds is 7. The SMILES string of the molecule is CC(C)CO/N=C(\C(=O)O)c1csc(NC=O)n1. The van der Waals surface area contributed by atoms with E-state index in [1.54, 1.807) is 0 Å². The van der Waals surface area contributed by atoms with E-state index >= 15 is 0 Å². The second kappa shape index (κ2) is 6.70. The Labute approximate surface area is 107 Å². The lowest BCUT2D eigenvalue weighted by Gasteiger charge is -2.03. The van der Waals surface area contributed by atoms with Gasteiger partial charge in [-0.2, -0.15) is 0 Å². The number of thiazole rings is 1. The van der Waals surface area contributed by atoms with Crippen molar-refractivity contribution in [3.63, 3.8) is 0 Å². The lowest BCUT2D eigenvalue weighted by Crippen LogP contribution is -2.16. The Morgan fingerprint density at radius 2 is 2.44 bits per heavy atom. The first-order valence-electron chi connectivity index (χ1n) is 5.14. The standard InChI is InChI=1S/C10H13N3O4S/c1-6(2)3-17-13-8(9(15)16)7-4-18-10(12-7)11-5-14/h4-6H,3H2,1-2H3,(H,15,16)(H,11,12,14)/b13-8-. The highest BCUT2D eigenvalue weighted by Gasteiger charge is 2.17. The minimum Gasteiger partial charge on any atom is -0.476 e. The summed E-state index contributed by atoms with van der Waals surface area (Å²) in [5.74, 6) is -0.992. The van der Waals surface area contributed by atoms with E-state index in [4.69, 9.17) is 9.94 Å². The maximum atomic E-state index is 11.0. The molecule has 0 bridgehead atoms. The number of oxime groups is 1. The van der Waals surface area contributed by atoms with Crippen LogP contribution in [0.15, 0.2) is 10.5 Å². The van der Waals surface area contributed by atoms with E-state index in [9.17, 15) is 9.59 Å². The number of carbonyl (C=O) groups excluding carboxylic acids is 1. The summed E-state index contributed by atoms with van der Waals surface area (Å²) < 4.78 is 0.